The summed E-state index contributed by atoms with van der Waals surface area (Å²) < 4.78 is 0. The molecule has 2 aliphatic heterocycles. The van der Waals surface area contributed by atoms with E-state index in [0.717, 1.165) is 6.04 Å². The Hall–Kier alpha value is -0.570. The molecule has 0 saturated carbocycles. The first kappa shape index (κ1) is 6.55. The van der Waals surface area contributed by atoms with Gasteiger partial charge in [-0.05, 0) is 19.4 Å². The lowest BCUT2D eigenvalue weighted by atomic mass is 10.3. The van der Waals surface area contributed by atoms with Gasteiger partial charge in [-0.2, -0.15) is 0 Å². The Morgan fingerprint density at radius 1 is 1.67 bits per heavy atom. The average Bonchev–Trinajstić information content (AvgIpc) is 2.43. The molecule has 3 heteroatoms. The van der Waals surface area contributed by atoms with Crippen molar-refractivity contribution in [3.05, 3.63) is 0 Å². The second-order valence-corrected chi connectivity index (χ2v) is 2.40. The Labute approximate surface area is 54.3 Å². The number of rotatable bonds is 0. The molecule has 3 nitrogen and oxygen atoms in total. The van der Waals surface area contributed by atoms with Crippen LogP contribution in [0.1, 0.15) is 12.8 Å². The van der Waals surface area contributed by atoms with Crippen molar-refractivity contribution in [2.75, 3.05) is 13.1 Å². The van der Waals surface area contributed by atoms with Gasteiger partial charge in [-0.25, -0.2) is 0 Å². The standard InChI is InChI=1S/C5H9N.CH2O2/c1-2-5-4-6(5)3-1;2-1-3/h5H,1-4H2;1H,(H,2,3). The van der Waals surface area contributed by atoms with Crippen molar-refractivity contribution in [3.8, 4) is 0 Å². The molecule has 0 aliphatic carbocycles. The predicted octanol–water partition coefficient (Wildman–Crippen LogP) is 0.165. The first-order valence-electron chi connectivity index (χ1n) is 3.20. The maximum absolute atomic E-state index is 8.36. The number of carbonyl (C=O) groups is 1. The molecule has 2 saturated heterocycles. The van der Waals surface area contributed by atoms with Crippen LogP contribution in [0.3, 0.4) is 0 Å². The van der Waals surface area contributed by atoms with Crippen molar-refractivity contribution in [2.45, 2.75) is 18.9 Å². The summed E-state index contributed by atoms with van der Waals surface area (Å²) in [6, 6.07) is 1.05. The Bertz CT molecular complexity index is 97.2. The SMILES string of the molecule is C1CC2CN2C1.O=CO. The summed E-state index contributed by atoms with van der Waals surface area (Å²) in [6.07, 6.45) is 2.95. The minimum Gasteiger partial charge on any atom is -0.483 e. The number of piperidine rings is 1. The first-order chi connectivity index (χ1) is 4.38. The summed E-state index contributed by atoms with van der Waals surface area (Å²) in [4.78, 5) is 10.9. The van der Waals surface area contributed by atoms with Gasteiger partial charge in [0.15, 0.2) is 0 Å². The Morgan fingerprint density at radius 3 is 2.44 bits per heavy atom. The number of fused-ring (bicyclic) bond motifs is 1. The molecule has 1 N–H and O–H groups in total. The first-order valence-corrected chi connectivity index (χ1v) is 3.20. The molecule has 0 amide bonds. The average molecular weight is 129 g/mol. The molecule has 2 rings (SSSR count). The lowest BCUT2D eigenvalue weighted by Crippen LogP contribution is -1.90. The fourth-order valence-corrected chi connectivity index (χ4v) is 1.30. The fraction of sp³-hybridized carbons (Fsp3) is 0.833. The highest BCUT2D eigenvalue weighted by Crippen LogP contribution is 2.28. The summed E-state index contributed by atoms with van der Waals surface area (Å²) in [5, 5.41) is 6.89. The normalized spacial score (nSPS) is 36.0. The molecule has 0 bridgehead atoms. The van der Waals surface area contributed by atoms with Crippen LogP contribution in [0.5, 0.6) is 0 Å². The van der Waals surface area contributed by atoms with Crippen molar-refractivity contribution in [1.29, 1.82) is 0 Å². The molecule has 2 fully saturated rings. The number of hydrogen-bond donors (Lipinski definition) is 1. The van der Waals surface area contributed by atoms with E-state index in [1.165, 1.54) is 25.9 Å². The van der Waals surface area contributed by atoms with Crippen LogP contribution in [0.15, 0.2) is 0 Å². The molecule has 0 aromatic carbocycles. The second-order valence-electron chi connectivity index (χ2n) is 2.40. The zero-order valence-electron chi connectivity index (χ0n) is 5.29. The van der Waals surface area contributed by atoms with Gasteiger partial charge >= 0.3 is 0 Å². The molecule has 9 heavy (non-hydrogen) atoms. The molecule has 2 atom stereocenters. The molecule has 0 spiro atoms. The van der Waals surface area contributed by atoms with E-state index in [-0.39, 0.29) is 6.47 Å². The third-order valence-corrected chi connectivity index (χ3v) is 1.81. The molecule has 0 aromatic rings. The van der Waals surface area contributed by atoms with E-state index in [2.05, 4.69) is 4.90 Å². The van der Waals surface area contributed by atoms with E-state index in [0.29, 0.717) is 0 Å². The number of nitrogens with zero attached hydrogens (tertiary/aromatic N) is 1. The fourth-order valence-electron chi connectivity index (χ4n) is 1.30. The maximum atomic E-state index is 8.36. The van der Waals surface area contributed by atoms with Crippen molar-refractivity contribution in [3.63, 3.8) is 0 Å². The van der Waals surface area contributed by atoms with Gasteiger partial charge in [0.05, 0.1) is 0 Å². The zero-order valence-corrected chi connectivity index (χ0v) is 5.29. The monoisotopic (exact) mass is 129 g/mol. The molecule has 2 heterocycles. The zero-order chi connectivity index (χ0) is 6.69. The van der Waals surface area contributed by atoms with Crippen LogP contribution in [0.4, 0.5) is 0 Å². The van der Waals surface area contributed by atoms with Crippen molar-refractivity contribution >= 4 is 6.47 Å². The molecule has 2 aliphatic rings. The molecule has 52 valence electrons. The van der Waals surface area contributed by atoms with E-state index in [1.54, 1.807) is 0 Å². The topological polar surface area (TPSA) is 40.3 Å². The highest BCUT2D eigenvalue weighted by molar-refractivity contribution is 5.32. The molecule has 2 unspecified atom stereocenters. The third kappa shape index (κ3) is 1.68. The predicted molar refractivity (Wildman–Crippen MR) is 33.3 cm³/mol. The van der Waals surface area contributed by atoms with Gasteiger partial charge in [-0.15, -0.1) is 0 Å². The number of hydrogen-bond acceptors (Lipinski definition) is 2. The quantitative estimate of drug-likeness (QED) is 0.374. The second kappa shape index (κ2) is 2.82. The van der Waals surface area contributed by atoms with Gasteiger partial charge in [0.25, 0.3) is 6.47 Å². The Kier molecular flexibility index (Phi) is 2.05. The van der Waals surface area contributed by atoms with Gasteiger partial charge in [-0.1, -0.05) is 0 Å². The summed E-state index contributed by atoms with van der Waals surface area (Å²) in [5.74, 6) is 0. The van der Waals surface area contributed by atoms with E-state index >= 15 is 0 Å². The third-order valence-electron chi connectivity index (χ3n) is 1.81. The van der Waals surface area contributed by atoms with E-state index < -0.39 is 0 Å². The maximum Gasteiger partial charge on any atom is 0.290 e. The minimum atomic E-state index is -0.250. The summed E-state index contributed by atoms with van der Waals surface area (Å²) in [6.45, 7) is 2.56. The van der Waals surface area contributed by atoms with Crippen LogP contribution in [0.2, 0.25) is 0 Å². The van der Waals surface area contributed by atoms with Crippen LogP contribution >= 0.6 is 0 Å². The molecule has 0 radical (unpaired) electrons. The molecular weight excluding hydrogens is 118 g/mol. The van der Waals surface area contributed by atoms with Gasteiger partial charge in [0.2, 0.25) is 0 Å². The van der Waals surface area contributed by atoms with Crippen LogP contribution in [-0.4, -0.2) is 35.6 Å². The van der Waals surface area contributed by atoms with Gasteiger partial charge in [0, 0.05) is 12.6 Å². The van der Waals surface area contributed by atoms with Crippen LogP contribution in [-0.2, 0) is 4.79 Å². The lowest BCUT2D eigenvalue weighted by Gasteiger charge is -1.83. The Balaban J connectivity index is 0.000000120. The summed E-state index contributed by atoms with van der Waals surface area (Å²) >= 11 is 0. The van der Waals surface area contributed by atoms with Crippen LogP contribution in [0, 0.1) is 0 Å². The van der Waals surface area contributed by atoms with Crippen LogP contribution in [0.25, 0.3) is 0 Å². The largest absolute Gasteiger partial charge is 0.483 e. The Morgan fingerprint density at radius 2 is 2.33 bits per heavy atom. The lowest BCUT2D eigenvalue weighted by molar-refractivity contribution is -0.122. The van der Waals surface area contributed by atoms with Gasteiger partial charge in [0.1, 0.15) is 0 Å². The molecular formula is C6H11NO2. The van der Waals surface area contributed by atoms with E-state index in [1.807, 2.05) is 0 Å². The summed E-state index contributed by atoms with van der Waals surface area (Å²) in [5.41, 5.74) is 0. The van der Waals surface area contributed by atoms with Gasteiger partial charge < -0.3 is 5.11 Å². The van der Waals surface area contributed by atoms with E-state index in [4.69, 9.17) is 9.90 Å². The highest BCUT2D eigenvalue weighted by Gasteiger charge is 2.37. The minimum absolute atomic E-state index is 0.250. The van der Waals surface area contributed by atoms with Crippen LogP contribution < -0.4 is 0 Å². The van der Waals surface area contributed by atoms with Crippen molar-refractivity contribution < 1.29 is 9.90 Å². The number of carboxylic acid groups (broad SMARTS) is 1. The highest BCUT2D eigenvalue weighted by atomic mass is 16.3. The van der Waals surface area contributed by atoms with E-state index in [9.17, 15) is 0 Å². The van der Waals surface area contributed by atoms with Gasteiger partial charge in [-0.3, -0.25) is 9.69 Å². The molecule has 0 aromatic heterocycles. The summed E-state index contributed by atoms with van der Waals surface area (Å²) in [7, 11) is 0. The van der Waals surface area contributed by atoms with Crippen molar-refractivity contribution in [1.82, 2.24) is 4.90 Å². The van der Waals surface area contributed by atoms with Crippen molar-refractivity contribution in [2.24, 2.45) is 0 Å². The smallest absolute Gasteiger partial charge is 0.290 e.